The van der Waals surface area contributed by atoms with Crippen LogP contribution >= 0.6 is 0 Å². The minimum Gasteiger partial charge on any atom is -0.403 e. The summed E-state index contributed by atoms with van der Waals surface area (Å²) in [6.07, 6.45) is 1.83. The molecule has 1 saturated heterocycles. The van der Waals surface area contributed by atoms with Gasteiger partial charge in [0.05, 0.1) is 0 Å². The third-order valence-corrected chi connectivity index (χ3v) is 4.24. The molecule has 24 heavy (non-hydrogen) atoms. The normalized spacial score (nSPS) is 14.9. The minimum atomic E-state index is 0.567. The Morgan fingerprint density at radius 1 is 0.875 bits per heavy atom. The molecule has 0 bridgehead atoms. The van der Waals surface area contributed by atoms with E-state index in [-0.39, 0.29) is 0 Å². The van der Waals surface area contributed by atoms with E-state index in [1.54, 1.807) is 0 Å². The lowest BCUT2D eigenvalue weighted by Gasteiger charge is -2.34. The largest absolute Gasteiger partial charge is 0.403 e. The van der Waals surface area contributed by atoms with Crippen molar-refractivity contribution in [3.05, 3.63) is 54.2 Å². The maximum atomic E-state index is 5.86. The van der Waals surface area contributed by atoms with Crippen molar-refractivity contribution >= 4 is 11.8 Å². The molecule has 0 N–H and O–H groups in total. The maximum absolute atomic E-state index is 5.86. The molecule has 1 fully saturated rings. The number of benzene rings is 1. The molecule has 4 rings (SSSR count). The first-order valence-corrected chi connectivity index (χ1v) is 8.11. The Balaban J connectivity index is 1.44. The van der Waals surface area contributed by atoms with Gasteiger partial charge in [-0.1, -0.05) is 28.9 Å². The van der Waals surface area contributed by atoms with Gasteiger partial charge in [0.1, 0.15) is 5.82 Å². The summed E-state index contributed by atoms with van der Waals surface area (Å²) in [4.78, 5) is 8.81. The molecule has 3 heterocycles. The van der Waals surface area contributed by atoms with Crippen LogP contribution in [0.2, 0.25) is 0 Å². The SMILES string of the molecule is Cc1ccc(-c2nnc(N3CCN(c4ccccn4)CC3)o2)cc1. The predicted octanol–water partition coefficient (Wildman–Crippen LogP) is 2.77. The van der Waals surface area contributed by atoms with E-state index in [0.29, 0.717) is 11.9 Å². The van der Waals surface area contributed by atoms with E-state index in [9.17, 15) is 0 Å². The fourth-order valence-corrected chi connectivity index (χ4v) is 2.82. The van der Waals surface area contributed by atoms with Gasteiger partial charge in [0.2, 0.25) is 5.89 Å². The molecule has 122 valence electrons. The van der Waals surface area contributed by atoms with E-state index >= 15 is 0 Å². The van der Waals surface area contributed by atoms with Gasteiger partial charge >= 0.3 is 6.01 Å². The van der Waals surface area contributed by atoms with Crippen molar-refractivity contribution in [2.75, 3.05) is 36.0 Å². The van der Waals surface area contributed by atoms with Crippen molar-refractivity contribution in [2.24, 2.45) is 0 Å². The van der Waals surface area contributed by atoms with Crippen molar-refractivity contribution in [3.8, 4) is 11.5 Å². The Morgan fingerprint density at radius 3 is 2.33 bits per heavy atom. The Hall–Kier alpha value is -2.89. The van der Waals surface area contributed by atoms with E-state index in [1.165, 1.54) is 5.56 Å². The number of pyridine rings is 1. The van der Waals surface area contributed by atoms with Crippen LogP contribution in [0, 0.1) is 6.92 Å². The Kier molecular flexibility index (Phi) is 3.86. The quantitative estimate of drug-likeness (QED) is 0.739. The highest BCUT2D eigenvalue weighted by Crippen LogP contribution is 2.23. The summed E-state index contributed by atoms with van der Waals surface area (Å²) in [6.45, 7) is 5.51. The van der Waals surface area contributed by atoms with Crippen LogP contribution in [0.5, 0.6) is 0 Å². The van der Waals surface area contributed by atoms with Crippen LogP contribution in [0.3, 0.4) is 0 Å². The van der Waals surface area contributed by atoms with Gasteiger partial charge in [0, 0.05) is 37.9 Å². The van der Waals surface area contributed by atoms with Gasteiger partial charge in [-0.3, -0.25) is 0 Å². The van der Waals surface area contributed by atoms with Gasteiger partial charge < -0.3 is 14.2 Å². The number of hydrogen-bond donors (Lipinski definition) is 0. The molecule has 1 aliphatic rings. The molecule has 1 aromatic carbocycles. The van der Waals surface area contributed by atoms with E-state index in [4.69, 9.17) is 4.42 Å². The monoisotopic (exact) mass is 321 g/mol. The molecule has 2 aromatic heterocycles. The van der Waals surface area contributed by atoms with Crippen LogP contribution in [0.1, 0.15) is 5.56 Å². The molecule has 0 unspecified atom stereocenters. The topological polar surface area (TPSA) is 58.3 Å². The molecule has 0 radical (unpaired) electrons. The second-order valence-corrected chi connectivity index (χ2v) is 5.92. The second-order valence-electron chi connectivity index (χ2n) is 5.92. The summed E-state index contributed by atoms with van der Waals surface area (Å²) in [5, 5.41) is 8.40. The average Bonchev–Trinajstić information content (AvgIpc) is 3.13. The van der Waals surface area contributed by atoms with Crippen LogP contribution in [0.25, 0.3) is 11.5 Å². The Bertz CT molecular complexity index is 792. The summed E-state index contributed by atoms with van der Waals surface area (Å²) in [5.41, 5.74) is 2.16. The summed E-state index contributed by atoms with van der Waals surface area (Å²) in [6, 6.07) is 14.7. The Morgan fingerprint density at radius 2 is 1.62 bits per heavy atom. The van der Waals surface area contributed by atoms with Gasteiger partial charge in [0.25, 0.3) is 0 Å². The molecule has 0 spiro atoms. The minimum absolute atomic E-state index is 0.567. The number of aromatic nitrogens is 3. The zero-order valence-electron chi connectivity index (χ0n) is 13.6. The molecule has 0 atom stereocenters. The van der Waals surface area contributed by atoms with Crippen LogP contribution < -0.4 is 9.80 Å². The molecule has 6 heteroatoms. The number of piperazine rings is 1. The van der Waals surface area contributed by atoms with E-state index in [2.05, 4.69) is 31.9 Å². The molecule has 6 nitrogen and oxygen atoms in total. The first-order valence-electron chi connectivity index (χ1n) is 8.11. The van der Waals surface area contributed by atoms with E-state index in [1.807, 2.05) is 48.7 Å². The van der Waals surface area contributed by atoms with Crippen molar-refractivity contribution in [2.45, 2.75) is 6.92 Å². The zero-order valence-corrected chi connectivity index (χ0v) is 13.6. The van der Waals surface area contributed by atoms with Crippen LogP contribution in [0.4, 0.5) is 11.8 Å². The summed E-state index contributed by atoms with van der Waals surface area (Å²) >= 11 is 0. The molecular weight excluding hydrogens is 302 g/mol. The van der Waals surface area contributed by atoms with Crippen molar-refractivity contribution in [3.63, 3.8) is 0 Å². The average molecular weight is 321 g/mol. The van der Waals surface area contributed by atoms with Crippen LogP contribution in [0.15, 0.2) is 53.1 Å². The number of hydrogen-bond acceptors (Lipinski definition) is 6. The molecule has 3 aromatic rings. The van der Waals surface area contributed by atoms with E-state index in [0.717, 1.165) is 37.6 Å². The highest BCUT2D eigenvalue weighted by atomic mass is 16.4. The molecule has 0 saturated carbocycles. The lowest BCUT2D eigenvalue weighted by molar-refractivity contribution is 0.523. The Labute approximate surface area is 140 Å². The predicted molar refractivity (Wildman–Crippen MR) is 93.1 cm³/mol. The number of aryl methyl sites for hydroxylation is 1. The highest BCUT2D eigenvalue weighted by molar-refractivity contribution is 5.54. The van der Waals surface area contributed by atoms with Crippen LogP contribution in [-0.4, -0.2) is 41.4 Å². The van der Waals surface area contributed by atoms with Crippen molar-refractivity contribution in [1.29, 1.82) is 0 Å². The summed E-state index contributed by atoms with van der Waals surface area (Å²) in [7, 11) is 0. The highest BCUT2D eigenvalue weighted by Gasteiger charge is 2.22. The lowest BCUT2D eigenvalue weighted by Crippen LogP contribution is -2.47. The third-order valence-electron chi connectivity index (χ3n) is 4.24. The van der Waals surface area contributed by atoms with E-state index < -0.39 is 0 Å². The maximum Gasteiger partial charge on any atom is 0.318 e. The van der Waals surface area contributed by atoms with Gasteiger partial charge in [0.15, 0.2) is 0 Å². The van der Waals surface area contributed by atoms with Gasteiger partial charge in [-0.15, -0.1) is 5.10 Å². The summed E-state index contributed by atoms with van der Waals surface area (Å²) in [5.74, 6) is 1.58. The molecule has 0 amide bonds. The number of anilines is 2. The zero-order chi connectivity index (χ0) is 16.4. The fraction of sp³-hybridized carbons (Fsp3) is 0.278. The lowest BCUT2D eigenvalue weighted by atomic mass is 10.1. The first-order chi connectivity index (χ1) is 11.8. The van der Waals surface area contributed by atoms with Gasteiger partial charge in [-0.05, 0) is 31.2 Å². The number of rotatable bonds is 3. The smallest absolute Gasteiger partial charge is 0.318 e. The molecule has 1 aliphatic heterocycles. The van der Waals surface area contributed by atoms with Crippen LogP contribution in [-0.2, 0) is 0 Å². The second kappa shape index (κ2) is 6.31. The van der Waals surface area contributed by atoms with Gasteiger partial charge in [-0.25, -0.2) is 4.98 Å². The molecule has 0 aliphatic carbocycles. The fourth-order valence-electron chi connectivity index (χ4n) is 2.82. The standard InChI is InChI=1S/C18H19N5O/c1-14-5-7-15(8-6-14)17-20-21-18(24-17)23-12-10-22(11-13-23)16-4-2-3-9-19-16/h2-9H,10-13H2,1H3. The van der Waals surface area contributed by atoms with Crippen molar-refractivity contribution < 1.29 is 4.42 Å². The van der Waals surface area contributed by atoms with Crippen molar-refractivity contribution in [1.82, 2.24) is 15.2 Å². The number of nitrogens with zero attached hydrogens (tertiary/aromatic N) is 5. The third kappa shape index (κ3) is 2.95. The first kappa shape index (κ1) is 14.7. The summed E-state index contributed by atoms with van der Waals surface area (Å²) < 4.78 is 5.86. The molecular formula is C18H19N5O. The van der Waals surface area contributed by atoms with Gasteiger partial charge in [-0.2, -0.15) is 0 Å².